The molecule has 4 nitrogen and oxygen atoms in total. The minimum Gasteiger partial charge on any atom is -0.375 e. The first kappa shape index (κ1) is 13.5. The van der Waals surface area contributed by atoms with Gasteiger partial charge in [-0.3, -0.25) is 4.79 Å². The summed E-state index contributed by atoms with van der Waals surface area (Å²) in [4.78, 5) is 11.4. The van der Waals surface area contributed by atoms with Gasteiger partial charge in [-0.15, -0.1) is 0 Å². The summed E-state index contributed by atoms with van der Waals surface area (Å²) >= 11 is 3.32. The van der Waals surface area contributed by atoms with Gasteiger partial charge >= 0.3 is 0 Å². The van der Waals surface area contributed by atoms with Gasteiger partial charge in [-0.1, -0.05) is 22.9 Å². The molecule has 0 heterocycles. The van der Waals surface area contributed by atoms with Crippen molar-refractivity contribution in [2.24, 2.45) is 0 Å². The molecular weight excluding hydrogens is 282 g/mol. The Hall–Kier alpha value is -1.54. The zero-order valence-electron chi connectivity index (χ0n) is 9.59. The van der Waals surface area contributed by atoms with Crippen LogP contribution in [0, 0.1) is 11.3 Å². The zero-order chi connectivity index (χ0) is 12.7. The van der Waals surface area contributed by atoms with Crippen molar-refractivity contribution in [2.45, 2.75) is 13.3 Å². The summed E-state index contributed by atoms with van der Waals surface area (Å²) in [5.74, 6) is -0.0734. The normalized spacial score (nSPS) is 9.47. The number of hydrogen-bond donors (Lipinski definition) is 2. The van der Waals surface area contributed by atoms with Crippen molar-refractivity contribution in [3.05, 3.63) is 28.2 Å². The van der Waals surface area contributed by atoms with Gasteiger partial charge in [-0.25, -0.2) is 0 Å². The van der Waals surface area contributed by atoms with E-state index in [4.69, 9.17) is 5.26 Å². The van der Waals surface area contributed by atoms with Crippen LogP contribution in [0.2, 0.25) is 0 Å². The average Bonchev–Trinajstić information content (AvgIpc) is 2.34. The molecule has 0 aliphatic carbocycles. The number of carbonyl (C=O) groups excluding carboxylic acids is 1. The highest BCUT2D eigenvalue weighted by atomic mass is 79.9. The van der Waals surface area contributed by atoms with Gasteiger partial charge in [0, 0.05) is 11.0 Å². The summed E-state index contributed by atoms with van der Waals surface area (Å²) < 4.78 is 0.868. The molecule has 1 aromatic carbocycles. The highest BCUT2D eigenvalue weighted by molar-refractivity contribution is 9.10. The van der Waals surface area contributed by atoms with Crippen LogP contribution in [0.4, 0.5) is 5.69 Å². The molecule has 0 spiro atoms. The minimum atomic E-state index is -0.0734. The highest BCUT2D eigenvalue weighted by Crippen LogP contribution is 2.20. The van der Waals surface area contributed by atoms with E-state index in [1.165, 1.54) is 0 Å². The Labute approximate surface area is 109 Å². The lowest BCUT2D eigenvalue weighted by atomic mass is 10.2. The van der Waals surface area contributed by atoms with Gasteiger partial charge < -0.3 is 10.6 Å². The third-order valence-corrected chi connectivity index (χ3v) is 2.61. The molecule has 1 aromatic rings. The summed E-state index contributed by atoms with van der Waals surface area (Å²) in [7, 11) is 0. The van der Waals surface area contributed by atoms with Crippen LogP contribution in [0.3, 0.4) is 0 Å². The van der Waals surface area contributed by atoms with Crippen molar-refractivity contribution in [3.63, 3.8) is 0 Å². The number of halogens is 1. The van der Waals surface area contributed by atoms with Crippen molar-refractivity contribution in [2.75, 3.05) is 18.4 Å². The molecule has 0 saturated carbocycles. The molecule has 1 amide bonds. The molecule has 90 valence electrons. The lowest BCUT2D eigenvalue weighted by molar-refractivity contribution is -0.119. The van der Waals surface area contributed by atoms with Crippen LogP contribution in [-0.2, 0) is 4.79 Å². The van der Waals surface area contributed by atoms with Gasteiger partial charge in [0.25, 0.3) is 0 Å². The Bertz CT molecular complexity index is 440. The van der Waals surface area contributed by atoms with E-state index in [1.54, 1.807) is 18.2 Å². The monoisotopic (exact) mass is 295 g/mol. The van der Waals surface area contributed by atoms with Crippen LogP contribution in [0.15, 0.2) is 22.7 Å². The van der Waals surface area contributed by atoms with E-state index >= 15 is 0 Å². The topological polar surface area (TPSA) is 64.9 Å². The summed E-state index contributed by atoms with van der Waals surface area (Å²) in [5, 5.41) is 14.6. The molecule has 2 N–H and O–H groups in total. The number of hydrogen-bond acceptors (Lipinski definition) is 3. The maximum atomic E-state index is 11.4. The van der Waals surface area contributed by atoms with Gasteiger partial charge in [0.1, 0.15) is 6.07 Å². The van der Waals surface area contributed by atoms with Gasteiger partial charge in [-0.2, -0.15) is 5.26 Å². The van der Waals surface area contributed by atoms with Crippen LogP contribution < -0.4 is 10.6 Å². The summed E-state index contributed by atoms with van der Waals surface area (Å²) in [6.45, 7) is 2.84. The second-order valence-corrected chi connectivity index (χ2v) is 4.42. The van der Waals surface area contributed by atoms with Crippen molar-refractivity contribution in [3.8, 4) is 6.07 Å². The number of carbonyl (C=O) groups is 1. The predicted molar refractivity (Wildman–Crippen MR) is 70.6 cm³/mol. The van der Waals surface area contributed by atoms with E-state index in [0.29, 0.717) is 17.8 Å². The van der Waals surface area contributed by atoms with Gasteiger partial charge in [0.2, 0.25) is 5.91 Å². The maximum absolute atomic E-state index is 11.4. The van der Waals surface area contributed by atoms with E-state index < -0.39 is 0 Å². The Morgan fingerprint density at radius 2 is 2.29 bits per heavy atom. The lowest BCUT2D eigenvalue weighted by Crippen LogP contribution is -2.30. The second-order valence-electron chi connectivity index (χ2n) is 3.51. The SMILES string of the molecule is CCCNC(=O)CNc1cc(Br)ccc1C#N. The molecule has 0 aliphatic heterocycles. The highest BCUT2D eigenvalue weighted by Gasteiger charge is 2.04. The number of nitrogens with one attached hydrogen (secondary N) is 2. The molecule has 0 fully saturated rings. The molecule has 0 unspecified atom stereocenters. The van der Waals surface area contributed by atoms with Crippen LogP contribution >= 0.6 is 15.9 Å². The number of nitriles is 1. The summed E-state index contributed by atoms with van der Waals surface area (Å²) in [6.07, 6.45) is 0.909. The molecule has 0 bridgehead atoms. The molecule has 5 heteroatoms. The molecule has 0 aliphatic rings. The number of nitrogens with zero attached hydrogens (tertiary/aromatic N) is 1. The standard InChI is InChI=1S/C12H14BrN3O/c1-2-5-15-12(17)8-16-11-6-10(13)4-3-9(11)7-14/h3-4,6,16H,2,5,8H2,1H3,(H,15,17). The summed E-state index contributed by atoms with van der Waals surface area (Å²) in [5.41, 5.74) is 1.19. The largest absolute Gasteiger partial charge is 0.375 e. The Morgan fingerprint density at radius 3 is 2.94 bits per heavy atom. The van der Waals surface area contributed by atoms with Gasteiger partial charge in [0.15, 0.2) is 0 Å². The average molecular weight is 296 g/mol. The number of rotatable bonds is 5. The van der Waals surface area contributed by atoms with Crippen molar-refractivity contribution in [1.29, 1.82) is 5.26 Å². The number of amides is 1. The predicted octanol–water partition coefficient (Wildman–Crippen LogP) is 2.26. The Balaban J connectivity index is 2.60. The maximum Gasteiger partial charge on any atom is 0.239 e. The second kappa shape index (κ2) is 6.92. The molecule has 0 aromatic heterocycles. The minimum absolute atomic E-state index is 0.0734. The first-order valence-electron chi connectivity index (χ1n) is 5.37. The van der Waals surface area contributed by atoms with E-state index in [2.05, 4.69) is 32.6 Å². The molecule has 0 atom stereocenters. The quantitative estimate of drug-likeness (QED) is 0.876. The molecule has 0 saturated heterocycles. The first-order chi connectivity index (χ1) is 8.17. The van der Waals surface area contributed by atoms with Gasteiger partial charge in [0.05, 0.1) is 17.8 Å². The van der Waals surface area contributed by atoms with E-state index in [9.17, 15) is 4.79 Å². The van der Waals surface area contributed by atoms with E-state index in [1.807, 2.05) is 6.92 Å². The van der Waals surface area contributed by atoms with E-state index in [-0.39, 0.29) is 12.5 Å². The number of benzene rings is 1. The van der Waals surface area contributed by atoms with Crippen LogP contribution in [-0.4, -0.2) is 19.0 Å². The molecular formula is C12H14BrN3O. The summed E-state index contributed by atoms with van der Waals surface area (Å²) in [6, 6.07) is 7.36. The zero-order valence-corrected chi connectivity index (χ0v) is 11.2. The Kier molecular flexibility index (Phi) is 5.50. The fourth-order valence-electron chi connectivity index (χ4n) is 1.26. The smallest absolute Gasteiger partial charge is 0.239 e. The first-order valence-corrected chi connectivity index (χ1v) is 6.17. The van der Waals surface area contributed by atoms with Crippen molar-refractivity contribution in [1.82, 2.24) is 5.32 Å². The Morgan fingerprint density at radius 1 is 1.53 bits per heavy atom. The lowest BCUT2D eigenvalue weighted by Gasteiger charge is -2.08. The number of anilines is 1. The van der Waals surface area contributed by atoms with Gasteiger partial charge in [-0.05, 0) is 24.6 Å². The van der Waals surface area contributed by atoms with Crippen LogP contribution in [0.25, 0.3) is 0 Å². The fraction of sp³-hybridized carbons (Fsp3) is 0.333. The van der Waals surface area contributed by atoms with Crippen molar-refractivity contribution >= 4 is 27.5 Å². The molecule has 1 rings (SSSR count). The van der Waals surface area contributed by atoms with E-state index in [0.717, 1.165) is 10.9 Å². The third kappa shape index (κ3) is 4.45. The third-order valence-electron chi connectivity index (χ3n) is 2.11. The van der Waals surface area contributed by atoms with Crippen molar-refractivity contribution < 1.29 is 4.79 Å². The molecule has 0 radical (unpaired) electrons. The molecule has 17 heavy (non-hydrogen) atoms. The fourth-order valence-corrected chi connectivity index (χ4v) is 1.62. The van der Waals surface area contributed by atoms with Crippen LogP contribution in [0.1, 0.15) is 18.9 Å². The van der Waals surface area contributed by atoms with Crippen LogP contribution in [0.5, 0.6) is 0 Å².